The molecular formula is C16H22N2OS. The number of hydrogen-bond donors (Lipinski definition) is 2. The van der Waals surface area contributed by atoms with Crippen LogP contribution in [0, 0.1) is 5.92 Å². The summed E-state index contributed by atoms with van der Waals surface area (Å²) in [5.74, 6) is 1.02. The van der Waals surface area contributed by atoms with Gasteiger partial charge >= 0.3 is 0 Å². The zero-order valence-electron chi connectivity index (χ0n) is 11.9. The highest BCUT2D eigenvalue weighted by atomic mass is 32.2. The summed E-state index contributed by atoms with van der Waals surface area (Å²) in [5.41, 5.74) is 7.22. The molecule has 1 fully saturated rings. The lowest BCUT2D eigenvalue weighted by Gasteiger charge is -2.37. The third-order valence-corrected chi connectivity index (χ3v) is 5.77. The summed E-state index contributed by atoms with van der Waals surface area (Å²) >= 11 is 1.82. The minimum absolute atomic E-state index is 0.0472. The summed E-state index contributed by atoms with van der Waals surface area (Å²) < 4.78 is 0. The van der Waals surface area contributed by atoms with Gasteiger partial charge in [0.2, 0.25) is 5.91 Å². The molecule has 3 rings (SSSR count). The molecule has 3 atom stereocenters. The zero-order chi connectivity index (χ0) is 14.2. The van der Waals surface area contributed by atoms with Crippen molar-refractivity contribution in [1.29, 1.82) is 0 Å². The molecule has 1 aliphatic carbocycles. The molecule has 1 aliphatic heterocycles. The van der Waals surface area contributed by atoms with Gasteiger partial charge in [0, 0.05) is 16.2 Å². The van der Waals surface area contributed by atoms with Crippen LogP contribution in [0.4, 0.5) is 0 Å². The molecule has 2 aliphatic rings. The van der Waals surface area contributed by atoms with E-state index >= 15 is 0 Å². The molecule has 0 spiro atoms. The van der Waals surface area contributed by atoms with Crippen molar-refractivity contribution in [3.63, 3.8) is 0 Å². The average Bonchev–Trinajstić information content (AvgIpc) is 2.81. The van der Waals surface area contributed by atoms with Crippen LogP contribution in [-0.4, -0.2) is 17.2 Å². The summed E-state index contributed by atoms with van der Waals surface area (Å²) in [7, 11) is 0. The lowest BCUT2D eigenvalue weighted by molar-refractivity contribution is -0.128. The maximum absolute atomic E-state index is 12.6. The highest BCUT2D eigenvalue weighted by molar-refractivity contribution is 7.99. The van der Waals surface area contributed by atoms with Crippen molar-refractivity contribution >= 4 is 17.7 Å². The molecule has 108 valence electrons. The fourth-order valence-electron chi connectivity index (χ4n) is 3.34. The highest BCUT2D eigenvalue weighted by Crippen LogP contribution is 2.39. The first kappa shape index (κ1) is 14.0. The third-order valence-electron chi connectivity index (χ3n) is 4.59. The lowest BCUT2D eigenvalue weighted by Crippen LogP contribution is -2.53. The molecule has 3 unspecified atom stereocenters. The molecule has 3 N–H and O–H groups in total. The Balaban J connectivity index is 1.71. The normalized spacial score (nSPS) is 32.7. The molecule has 1 saturated carbocycles. The van der Waals surface area contributed by atoms with Crippen LogP contribution >= 0.6 is 11.8 Å². The Bertz CT molecular complexity index is 515. The van der Waals surface area contributed by atoms with Gasteiger partial charge in [0.15, 0.2) is 0 Å². The van der Waals surface area contributed by atoms with E-state index < -0.39 is 0 Å². The van der Waals surface area contributed by atoms with Gasteiger partial charge in [0.1, 0.15) is 0 Å². The number of amides is 1. The van der Waals surface area contributed by atoms with E-state index in [0.29, 0.717) is 0 Å². The van der Waals surface area contributed by atoms with E-state index in [1.54, 1.807) is 0 Å². The standard InChI is InChI=1S/C16H22N2OS/c1-16(17)9-5-4-7-12(16)15(19)18-13-10-20-14-8-3-2-6-11(13)14/h2-3,6,8,12-13H,4-5,7,9-10,17H2,1H3,(H,18,19). The van der Waals surface area contributed by atoms with Crippen LogP contribution in [0.5, 0.6) is 0 Å². The summed E-state index contributed by atoms with van der Waals surface area (Å²) in [6.45, 7) is 2.02. The van der Waals surface area contributed by atoms with Gasteiger partial charge in [-0.25, -0.2) is 0 Å². The molecule has 3 nitrogen and oxygen atoms in total. The molecule has 1 aromatic carbocycles. The molecule has 0 bridgehead atoms. The first-order chi connectivity index (χ1) is 9.58. The monoisotopic (exact) mass is 290 g/mol. The SMILES string of the molecule is CC1(N)CCCCC1C(=O)NC1CSc2ccccc21. The van der Waals surface area contributed by atoms with E-state index in [1.807, 2.05) is 30.8 Å². The summed E-state index contributed by atoms with van der Waals surface area (Å²) in [4.78, 5) is 13.9. The lowest BCUT2D eigenvalue weighted by atomic mass is 9.74. The molecule has 0 aromatic heterocycles. The first-order valence-corrected chi connectivity index (χ1v) is 8.37. The largest absolute Gasteiger partial charge is 0.348 e. The van der Waals surface area contributed by atoms with E-state index in [2.05, 4.69) is 17.4 Å². The Morgan fingerprint density at radius 1 is 1.40 bits per heavy atom. The second-order valence-electron chi connectivity index (χ2n) is 6.21. The van der Waals surface area contributed by atoms with E-state index in [9.17, 15) is 4.79 Å². The molecule has 4 heteroatoms. The van der Waals surface area contributed by atoms with E-state index in [4.69, 9.17) is 5.73 Å². The van der Waals surface area contributed by atoms with Crippen molar-refractivity contribution in [1.82, 2.24) is 5.32 Å². The summed E-state index contributed by atoms with van der Waals surface area (Å²) in [6, 6.07) is 8.47. The van der Waals surface area contributed by atoms with Gasteiger partial charge in [0.05, 0.1) is 12.0 Å². The number of hydrogen-bond acceptors (Lipinski definition) is 3. The Hall–Kier alpha value is -1.00. The van der Waals surface area contributed by atoms with Gasteiger partial charge in [0.25, 0.3) is 0 Å². The van der Waals surface area contributed by atoms with Crippen LogP contribution in [0.25, 0.3) is 0 Å². The number of nitrogens with one attached hydrogen (secondary N) is 1. The van der Waals surface area contributed by atoms with E-state index in [-0.39, 0.29) is 23.4 Å². The zero-order valence-corrected chi connectivity index (χ0v) is 12.7. The van der Waals surface area contributed by atoms with Crippen molar-refractivity contribution in [2.75, 3.05) is 5.75 Å². The number of nitrogens with two attached hydrogens (primary N) is 1. The number of carbonyl (C=O) groups excluding carboxylic acids is 1. The van der Waals surface area contributed by atoms with Crippen LogP contribution in [0.1, 0.15) is 44.2 Å². The summed E-state index contributed by atoms with van der Waals surface area (Å²) in [6.07, 6.45) is 4.11. The van der Waals surface area contributed by atoms with Gasteiger partial charge in [-0.3, -0.25) is 4.79 Å². The Morgan fingerprint density at radius 3 is 3.00 bits per heavy atom. The van der Waals surface area contributed by atoms with Crippen molar-refractivity contribution < 1.29 is 4.79 Å². The first-order valence-electron chi connectivity index (χ1n) is 7.39. The number of rotatable bonds is 2. The number of carbonyl (C=O) groups is 1. The molecule has 0 saturated heterocycles. The predicted molar refractivity (Wildman–Crippen MR) is 82.6 cm³/mol. The minimum Gasteiger partial charge on any atom is -0.348 e. The number of fused-ring (bicyclic) bond motifs is 1. The van der Waals surface area contributed by atoms with Gasteiger partial charge < -0.3 is 11.1 Å². The molecule has 1 amide bonds. The summed E-state index contributed by atoms with van der Waals surface area (Å²) in [5, 5.41) is 3.22. The van der Waals surface area contributed by atoms with Gasteiger partial charge in [-0.2, -0.15) is 0 Å². The quantitative estimate of drug-likeness (QED) is 0.880. The molecule has 1 aromatic rings. The van der Waals surface area contributed by atoms with Gasteiger partial charge in [-0.1, -0.05) is 31.0 Å². The van der Waals surface area contributed by atoms with E-state index in [1.165, 1.54) is 10.5 Å². The fourth-order valence-corrected chi connectivity index (χ4v) is 4.50. The Morgan fingerprint density at radius 2 is 2.20 bits per heavy atom. The number of thioether (sulfide) groups is 1. The number of benzene rings is 1. The van der Waals surface area contributed by atoms with Crippen molar-refractivity contribution in [2.45, 2.75) is 49.1 Å². The molecule has 0 radical (unpaired) electrons. The van der Waals surface area contributed by atoms with E-state index in [0.717, 1.165) is 31.4 Å². The average molecular weight is 290 g/mol. The molecular weight excluding hydrogens is 268 g/mol. The smallest absolute Gasteiger partial charge is 0.225 e. The second kappa shape index (κ2) is 5.41. The topological polar surface area (TPSA) is 55.1 Å². The van der Waals surface area contributed by atoms with Crippen LogP contribution < -0.4 is 11.1 Å². The molecule has 20 heavy (non-hydrogen) atoms. The van der Waals surface area contributed by atoms with Crippen LogP contribution in [0.2, 0.25) is 0 Å². The highest BCUT2D eigenvalue weighted by Gasteiger charge is 2.39. The third kappa shape index (κ3) is 2.59. The van der Waals surface area contributed by atoms with Gasteiger partial charge in [-0.15, -0.1) is 11.8 Å². The van der Waals surface area contributed by atoms with Crippen molar-refractivity contribution in [3.05, 3.63) is 29.8 Å². The maximum Gasteiger partial charge on any atom is 0.225 e. The Kier molecular flexibility index (Phi) is 3.78. The molecule has 1 heterocycles. The van der Waals surface area contributed by atoms with Crippen LogP contribution in [0.15, 0.2) is 29.2 Å². The van der Waals surface area contributed by atoms with Gasteiger partial charge in [-0.05, 0) is 31.4 Å². The van der Waals surface area contributed by atoms with Crippen molar-refractivity contribution in [3.8, 4) is 0 Å². The van der Waals surface area contributed by atoms with Crippen LogP contribution in [-0.2, 0) is 4.79 Å². The minimum atomic E-state index is -0.354. The fraction of sp³-hybridized carbons (Fsp3) is 0.562. The maximum atomic E-state index is 12.6. The van der Waals surface area contributed by atoms with Crippen LogP contribution in [0.3, 0.4) is 0 Å². The van der Waals surface area contributed by atoms with Crippen molar-refractivity contribution in [2.24, 2.45) is 11.7 Å². The predicted octanol–water partition coefficient (Wildman–Crippen LogP) is 2.86. The second-order valence-corrected chi connectivity index (χ2v) is 7.28. The Labute approximate surface area is 124 Å².